The summed E-state index contributed by atoms with van der Waals surface area (Å²) in [5, 5.41) is 16.4. The highest BCUT2D eigenvalue weighted by molar-refractivity contribution is 7.12. The van der Waals surface area contributed by atoms with E-state index in [1.807, 2.05) is 49.6 Å². The first kappa shape index (κ1) is 21.2. The van der Waals surface area contributed by atoms with E-state index in [1.54, 1.807) is 6.07 Å². The first-order chi connectivity index (χ1) is 15.0. The van der Waals surface area contributed by atoms with Crippen LogP contribution in [0.15, 0.2) is 41.8 Å². The van der Waals surface area contributed by atoms with Crippen LogP contribution in [0.4, 0.5) is 5.69 Å². The van der Waals surface area contributed by atoms with Crippen molar-refractivity contribution in [1.82, 2.24) is 20.1 Å². The van der Waals surface area contributed by atoms with Gasteiger partial charge in [0.25, 0.3) is 5.91 Å². The highest BCUT2D eigenvalue weighted by Gasteiger charge is 2.25. The Hall–Kier alpha value is -3.00. The second-order valence-corrected chi connectivity index (χ2v) is 9.09. The highest BCUT2D eigenvalue weighted by atomic mass is 32.1. The third kappa shape index (κ3) is 4.85. The van der Waals surface area contributed by atoms with Crippen LogP contribution in [0.1, 0.15) is 48.6 Å². The summed E-state index contributed by atoms with van der Waals surface area (Å²) in [5.41, 5.74) is 1.59. The fourth-order valence-electron chi connectivity index (χ4n) is 3.81. The van der Waals surface area contributed by atoms with Gasteiger partial charge in [0.1, 0.15) is 11.9 Å². The first-order valence-electron chi connectivity index (χ1n) is 10.7. The number of nitrogens with one attached hydrogen (secondary N) is 2. The van der Waals surface area contributed by atoms with Crippen molar-refractivity contribution >= 4 is 28.8 Å². The number of aryl methyl sites for hydroxylation is 1. The standard InChI is InChI=1S/C23H27N5O2S/c1-15(2)20(25-22(29)18-10-7-13-31-18)23(30)24-17-9-6-8-16(14-17)21-27-26-19-11-4-3-5-12-28(19)21/h6-10,13-15,20H,3-5,11-12H2,1-2H3,(H,24,30)(H,25,29). The summed E-state index contributed by atoms with van der Waals surface area (Å²) >= 11 is 1.35. The Morgan fingerprint density at radius 3 is 2.74 bits per heavy atom. The average Bonchev–Trinajstić information content (AvgIpc) is 3.37. The van der Waals surface area contributed by atoms with Crippen LogP contribution in [0.25, 0.3) is 11.4 Å². The molecule has 4 rings (SSSR count). The summed E-state index contributed by atoms with van der Waals surface area (Å²) in [7, 11) is 0. The maximum absolute atomic E-state index is 13.0. The molecule has 0 fully saturated rings. The minimum Gasteiger partial charge on any atom is -0.339 e. The number of anilines is 1. The second-order valence-electron chi connectivity index (χ2n) is 8.14. The van der Waals surface area contributed by atoms with E-state index in [9.17, 15) is 9.59 Å². The SMILES string of the molecule is CC(C)C(NC(=O)c1cccs1)C(=O)Nc1cccc(-c2nnc3n2CCCCC3)c1. The summed E-state index contributed by atoms with van der Waals surface area (Å²) in [6.45, 7) is 4.75. The lowest BCUT2D eigenvalue weighted by molar-refractivity contribution is -0.118. The zero-order valence-electron chi connectivity index (χ0n) is 17.8. The molecular weight excluding hydrogens is 410 g/mol. The van der Waals surface area contributed by atoms with Gasteiger partial charge in [-0.15, -0.1) is 21.5 Å². The number of rotatable bonds is 6. The fourth-order valence-corrected chi connectivity index (χ4v) is 4.44. The molecule has 0 aliphatic carbocycles. The van der Waals surface area contributed by atoms with E-state index in [-0.39, 0.29) is 17.7 Å². The van der Waals surface area contributed by atoms with Crippen molar-refractivity contribution in [2.75, 3.05) is 5.32 Å². The Labute approximate surface area is 185 Å². The first-order valence-corrected chi connectivity index (χ1v) is 11.6. The van der Waals surface area contributed by atoms with Gasteiger partial charge >= 0.3 is 0 Å². The molecule has 0 spiro atoms. The van der Waals surface area contributed by atoms with Crippen LogP contribution in [0, 0.1) is 5.92 Å². The van der Waals surface area contributed by atoms with Crippen LogP contribution in [0.5, 0.6) is 0 Å². The second kappa shape index (κ2) is 9.43. The number of hydrogen-bond acceptors (Lipinski definition) is 5. The molecule has 0 bridgehead atoms. The van der Waals surface area contributed by atoms with Crippen LogP contribution < -0.4 is 10.6 Å². The van der Waals surface area contributed by atoms with Gasteiger partial charge in [-0.2, -0.15) is 0 Å². The Bertz CT molecular complexity index is 1060. The zero-order chi connectivity index (χ0) is 21.8. The van der Waals surface area contributed by atoms with Gasteiger partial charge in [-0.3, -0.25) is 9.59 Å². The van der Waals surface area contributed by atoms with Crippen molar-refractivity contribution in [3.8, 4) is 11.4 Å². The lowest BCUT2D eigenvalue weighted by atomic mass is 10.0. The van der Waals surface area contributed by atoms with Crippen LogP contribution in [-0.2, 0) is 17.8 Å². The van der Waals surface area contributed by atoms with Crippen LogP contribution >= 0.6 is 11.3 Å². The zero-order valence-corrected chi connectivity index (χ0v) is 18.6. The molecule has 31 heavy (non-hydrogen) atoms. The maximum atomic E-state index is 13.0. The van der Waals surface area contributed by atoms with Gasteiger partial charge in [0.15, 0.2) is 5.82 Å². The van der Waals surface area contributed by atoms with E-state index < -0.39 is 6.04 Å². The molecule has 162 valence electrons. The smallest absolute Gasteiger partial charge is 0.262 e. The summed E-state index contributed by atoms with van der Waals surface area (Å²) in [5.74, 6) is 1.33. The maximum Gasteiger partial charge on any atom is 0.262 e. The van der Waals surface area contributed by atoms with Crippen molar-refractivity contribution < 1.29 is 9.59 Å². The normalized spacial score (nSPS) is 14.5. The van der Waals surface area contributed by atoms with Crippen molar-refractivity contribution in [2.45, 2.75) is 52.1 Å². The van der Waals surface area contributed by atoms with E-state index in [2.05, 4.69) is 25.4 Å². The minimum atomic E-state index is -0.636. The molecule has 7 nitrogen and oxygen atoms in total. The number of benzene rings is 1. The van der Waals surface area contributed by atoms with Gasteiger partial charge in [0.05, 0.1) is 4.88 Å². The van der Waals surface area contributed by atoms with Gasteiger partial charge < -0.3 is 15.2 Å². The van der Waals surface area contributed by atoms with E-state index in [0.29, 0.717) is 10.6 Å². The molecule has 0 saturated heterocycles. The highest BCUT2D eigenvalue weighted by Crippen LogP contribution is 2.25. The number of thiophene rings is 1. The van der Waals surface area contributed by atoms with Crippen molar-refractivity contribution in [3.63, 3.8) is 0 Å². The van der Waals surface area contributed by atoms with Crippen molar-refractivity contribution in [2.24, 2.45) is 5.92 Å². The summed E-state index contributed by atoms with van der Waals surface area (Å²) in [6.07, 6.45) is 4.41. The molecule has 2 amide bonds. The molecule has 0 saturated carbocycles. The van der Waals surface area contributed by atoms with Crippen LogP contribution in [-0.4, -0.2) is 32.6 Å². The number of aromatic nitrogens is 3. The summed E-state index contributed by atoms with van der Waals surface area (Å²) in [6, 6.07) is 10.6. The Morgan fingerprint density at radius 1 is 1.10 bits per heavy atom. The van der Waals surface area contributed by atoms with Crippen molar-refractivity contribution in [3.05, 3.63) is 52.5 Å². The van der Waals surface area contributed by atoms with E-state index in [4.69, 9.17) is 0 Å². The number of nitrogens with zero attached hydrogens (tertiary/aromatic N) is 3. The molecule has 1 aromatic carbocycles. The van der Waals surface area contributed by atoms with Crippen LogP contribution in [0.2, 0.25) is 0 Å². The molecular formula is C23H27N5O2S. The number of amides is 2. The van der Waals surface area contributed by atoms with E-state index in [1.165, 1.54) is 17.8 Å². The summed E-state index contributed by atoms with van der Waals surface area (Å²) < 4.78 is 2.19. The van der Waals surface area contributed by atoms with Gasteiger partial charge in [-0.1, -0.05) is 38.5 Å². The predicted octanol–water partition coefficient (Wildman–Crippen LogP) is 4.13. The Morgan fingerprint density at radius 2 is 1.97 bits per heavy atom. The summed E-state index contributed by atoms with van der Waals surface area (Å²) in [4.78, 5) is 26.0. The van der Waals surface area contributed by atoms with E-state index in [0.717, 1.165) is 43.0 Å². The molecule has 2 aromatic heterocycles. The van der Waals surface area contributed by atoms with Crippen molar-refractivity contribution in [1.29, 1.82) is 0 Å². The molecule has 1 atom stereocenters. The lowest BCUT2D eigenvalue weighted by Gasteiger charge is -2.21. The van der Waals surface area contributed by atoms with Crippen LogP contribution in [0.3, 0.4) is 0 Å². The molecule has 2 N–H and O–H groups in total. The molecule has 8 heteroatoms. The van der Waals surface area contributed by atoms with E-state index >= 15 is 0 Å². The third-order valence-corrected chi connectivity index (χ3v) is 6.35. The molecule has 1 aliphatic heterocycles. The average molecular weight is 438 g/mol. The largest absolute Gasteiger partial charge is 0.339 e. The molecule has 1 unspecified atom stereocenters. The van der Waals surface area contributed by atoms with Gasteiger partial charge in [0, 0.05) is 24.2 Å². The predicted molar refractivity (Wildman–Crippen MR) is 122 cm³/mol. The Kier molecular flexibility index (Phi) is 6.46. The minimum absolute atomic E-state index is 0.0561. The number of fused-ring (bicyclic) bond motifs is 1. The monoisotopic (exact) mass is 437 g/mol. The lowest BCUT2D eigenvalue weighted by Crippen LogP contribution is -2.46. The van der Waals surface area contributed by atoms with Gasteiger partial charge in [-0.05, 0) is 42.3 Å². The number of carbonyl (C=O) groups excluding carboxylic acids is 2. The Balaban J connectivity index is 1.51. The number of carbonyl (C=O) groups is 2. The molecule has 1 aliphatic rings. The number of hydrogen-bond donors (Lipinski definition) is 2. The van der Waals surface area contributed by atoms with Gasteiger partial charge in [-0.25, -0.2) is 0 Å². The third-order valence-electron chi connectivity index (χ3n) is 5.48. The fraction of sp³-hybridized carbons (Fsp3) is 0.391. The molecule has 3 heterocycles. The quantitative estimate of drug-likeness (QED) is 0.607. The molecule has 0 radical (unpaired) electrons. The molecule has 3 aromatic rings. The topological polar surface area (TPSA) is 88.9 Å². The van der Waals surface area contributed by atoms with Gasteiger partial charge in [0.2, 0.25) is 5.91 Å².